The molecular formula is C15H16Cl2N2O3. The smallest absolute Gasteiger partial charge is 0.323 e. The van der Waals surface area contributed by atoms with Gasteiger partial charge < -0.3 is 14.8 Å². The maximum absolute atomic E-state index is 11.5. The zero-order valence-electron chi connectivity index (χ0n) is 11.9. The molecule has 1 aliphatic heterocycles. The van der Waals surface area contributed by atoms with E-state index in [0.717, 1.165) is 10.9 Å². The first-order valence-corrected chi connectivity index (χ1v) is 7.08. The lowest BCUT2D eigenvalue weighted by Crippen LogP contribution is -2.31. The van der Waals surface area contributed by atoms with Gasteiger partial charge in [-0.1, -0.05) is 11.6 Å². The second kappa shape index (κ2) is 7.13. The molecule has 1 aromatic carbocycles. The van der Waals surface area contributed by atoms with Crippen LogP contribution >= 0.6 is 24.0 Å². The first-order valence-electron chi connectivity index (χ1n) is 6.70. The molecule has 0 spiro atoms. The number of esters is 1. The van der Waals surface area contributed by atoms with Crippen LogP contribution in [0.15, 0.2) is 30.5 Å². The molecule has 2 atom stereocenters. The highest BCUT2D eigenvalue weighted by atomic mass is 35.5. The predicted molar refractivity (Wildman–Crippen MR) is 86.8 cm³/mol. The Bertz CT molecular complexity index is 681. The second-order valence-corrected chi connectivity index (χ2v) is 5.31. The number of methoxy groups -OCH3 is 1. The Morgan fingerprint density at radius 1 is 1.41 bits per heavy atom. The minimum absolute atomic E-state index is 0. The number of hydrogen-bond donors (Lipinski definition) is 1. The third-order valence-electron chi connectivity index (χ3n) is 3.55. The molecule has 2 aromatic rings. The Labute approximate surface area is 139 Å². The van der Waals surface area contributed by atoms with E-state index in [4.69, 9.17) is 21.1 Å². The Morgan fingerprint density at radius 2 is 2.23 bits per heavy atom. The normalized spacial score (nSPS) is 20.5. The van der Waals surface area contributed by atoms with Gasteiger partial charge in [0.1, 0.15) is 23.4 Å². The van der Waals surface area contributed by atoms with Crippen molar-refractivity contribution in [1.29, 1.82) is 0 Å². The number of carbonyl (C=O) groups excluding carboxylic acids is 1. The summed E-state index contributed by atoms with van der Waals surface area (Å²) >= 11 is 6.16. The van der Waals surface area contributed by atoms with Gasteiger partial charge in [-0.25, -0.2) is 0 Å². The summed E-state index contributed by atoms with van der Waals surface area (Å²) in [6.45, 7) is 0.594. The lowest BCUT2D eigenvalue weighted by atomic mass is 10.2. The predicted octanol–water partition coefficient (Wildman–Crippen LogP) is 2.59. The van der Waals surface area contributed by atoms with E-state index < -0.39 is 0 Å². The van der Waals surface area contributed by atoms with Gasteiger partial charge in [-0.3, -0.25) is 9.78 Å². The molecule has 0 unspecified atom stereocenters. The van der Waals surface area contributed by atoms with Crippen LogP contribution in [0, 0.1) is 0 Å². The first kappa shape index (κ1) is 16.8. The minimum Gasteiger partial charge on any atom is -0.487 e. The molecule has 1 aliphatic rings. The van der Waals surface area contributed by atoms with Gasteiger partial charge in [0.25, 0.3) is 0 Å². The van der Waals surface area contributed by atoms with Gasteiger partial charge >= 0.3 is 5.97 Å². The van der Waals surface area contributed by atoms with Crippen molar-refractivity contribution >= 4 is 40.9 Å². The van der Waals surface area contributed by atoms with E-state index in [9.17, 15) is 4.79 Å². The zero-order valence-corrected chi connectivity index (χ0v) is 13.5. The number of nitrogens with zero attached hydrogens (tertiary/aromatic N) is 1. The maximum Gasteiger partial charge on any atom is 0.323 e. The van der Waals surface area contributed by atoms with E-state index in [2.05, 4.69) is 10.3 Å². The van der Waals surface area contributed by atoms with E-state index in [0.29, 0.717) is 23.7 Å². The van der Waals surface area contributed by atoms with Crippen molar-refractivity contribution in [2.75, 3.05) is 13.7 Å². The topological polar surface area (TPSA) is 60.5 Å². The lowest BCUT2D eigenvalue weighted by molar-refractivity contribution is -0.142. The van der Waals surface area contributed by atoms with Crippen molar-refractivity contribution in [3.63, 3.8) is 0 Å². The number of fused-ring (bicyclic) bond motifs is 1. The summed E-state index contributed by atoms with van der Waals surface area (Å²) in [6.07, 6.45) is 2.18. The summed E-state index contributed by atoms with van der Waals surface area (Å²) in [7, 11) is 1.38. The molecule has 1 saturated heterocycles. The van der Waals surface area contributed by atoms with Crippen molar-refractivity contribution in [3.05, 3.63) is 35.5 Å². The van der Waals surface area contributed by atoms with Crippen LogP contribution in [0.25, 0.3) is 10.9 Å². The second-order valence-electron chi connectivity index (χ2n) is 4.90. The number of ether oxygens (including phenoxy) is 2. The highest BCUT2D eigenvalue weighted by Gasteiger charge is 2.31. The summed E-state index contributed by atoms with van der Waals surface area (Å²) < 4.78 is 10.7. The van der Waals surface area contributed by atoms with Crippen molar-refractivity contribution in [2.24, 2.45) is 0 Å². The maximum atomic E-state index is 11.5. The van der Waals surface area contributed by atoms with Crippen molar-refractivity contribution < 1.29 is 14.3 Å². The molecule has 0 radical (unpaired) electrons. The van der Waals surface area contributed by atoms with Gasteiger partial charge in [-0.2, -0.15) is 0 Å². The van der Waals surface area contributed by atoms with E-state index >= 15 is 0 Å². The Hall–Kier alpha value is -1.56. The minimum atomic E-state index is -0.313. The van der Waals surface area contributed by atoms with E-state index in [1.54, 1.807) is 12.3 Å². The SMILES string of the molecule is COC(=O)[C@@H]1C[C@@H](Oc2ccc(Cl)c3cccnc23)CN1.Cl. The van der Waals surface area contributed by atoms with Gasteiger partial charge in [0.15, 0.2) is 0 Å². The number of nitrogens with one attached hydrogen (secondary N) is 1. The van der Waals surface area contributed by atoms with Crippen LogP contribution in [-0.4, -0.2) is 36.8 Å². The third-order valence-corrected chi connectivity index (χ3v) is 3.88. The Morgan fingerprint density at radius 3 is 3.00 bits per heavy atom. The molecule has 7 heteroatoms. The van der Waals surface area contributed by atoms with E-state index in [-0.39, 0.29) is 30.5 Å². The van der Waals surface area contributed by atoms with Gasteiger partial charge in [-0.15, -0.1) is 12.4 Å². The average Bonchev–Trinajstić information content (AvgIpc) is 2.98. The molecule has 0 aliphatic carbocycles. The fraction of sp³-hybridized carbons (Fsp3) is 0.333. The summed E-state index contributed by atoms with van der Waals surface area (Å²) in [5.41, 5.74) is 0.728. The molecule has 5 nitrogen and oxygen atoms in total. The number of hydrogen-bond acceptors (Lipinski definition) is 5. The van der Waals surface area contributed by atoms with Crippen LogP contribution in [0.2, 0.25) is 5.02 Å². The molecule has 1 aromatic heterocycles. The number of aromatic nitrogens is 1. The molecule has 0 bridgehead atoms. The standard InChI is InChI=1S/C15H15ClN2O3.ClH/c1-20-15(19)12-7-9(8-18-12)21-13-5-4-11(16)10-3-2-6-17-14(10)13;/h2-6,9,12,18H,7-8H2,1H3;1H/t9-,12+;/m1./s1. The van der Waals surface area contributed by atoms with Crippen LogP contribution in [0.5, 0.6) is 5.75 Å². The molecule has 1 fully saturated rings. The quantitative estimate of drug-likeness (QED) is 0.868. The Balaban J connectivity index is 0.00000176. The van der Waals surface area contributed by atoms with Gasteiger partial charge in [0, 0.05) is 24.5 Å². The molecule has 0 saturated carbocycles. The Kier molecular flexibility index (Phi) is 5.45. The number of rotatable bonds is 3. The number of halogens is 2. The monoisotopic (exact) mass is 342 g/mol. The van der Waals surface area contributed by atoms with E-state index in [1.807, 2.05) is 18.2 Å². The number of benzene rings is 1. The van der Waals surface area contributed by atoms with Gasteiger partial charge in [-0.05, 0) is 24.3 Å². The fourth-order valence-electron chi connectivity index (χ4n) is 2.50. The molecule has 3 rings (SSSR count). The summed E-state index contributed by atoms with van der Waals surface area (Å²) in [5.74, 6) is 0.410. The van der Waals surface area contributed by atoms with E-state index in [1.165, 1.54) is 7.11 Å². The zero-order chi connectivity index (χ0) is 14.8. The summed E-state index contributed by atoms with van der Waals surface area (Å²) in [5, 5.41) is 4.59. The van der Waals surface area contributed by atoms with Crippen LogP contribution in [-0.2, 0) is 9.53 Å². The molecule has 0 amide bonds. The fourth-order valence-corrected chi connectivity index (χ4v) is 2.72. The van der Waals surface area contributed by atoms with Crippen molar-refractivity contribution in [1.82, 2.24) is 10.3 Å². The first-order chi connectivity index (χ1) is 10.2. The van der Waals surface area contributed by atoms with Crippen LogP contribution in [0.3, 0.4) is 0 Å². The summed E-state index contributed by atoms with van der Waals surface area (Å²) in [6, 6.07) is 7.03. The molecule has 1 N–H and O–H groups in total. The van der Waals surface area contributed by atoms with Crippen LogP contribution in [0.4, 0.5) is 0 Å². The largest absolute Gasteiger partial charge is 0.487 e. The highest BCUT2D eigenvalue weighted by molar-refractivity contribution is 6.35. The summed E-state index contributed by atoms with van der Waals surface area (Å²) in [4.78, 5) is 15.8. The van der Waals surface area contributed by atoms with Crippen LogP contribution in [0.1, 0.15) is 6.42 Å². The molecule has 118 valence electrons. The average molecular weight is 343 g/mol. The number of pyridine rings is 1. The molecule has 22 heavy (non-hydrogen) atoms. The van der Waals surface area contributed by atoms with Crippen LogP contribution < -0.4 is 10.1 Å². The van der Waals surface area contributed by atoms with Crippen molar-refractivity contribution in [2.45, 2.75) is 18.6 Å². The van der Waals surface area contributed by atoms with Gasteiger partial charge in [0.05, 0.1) is 12.1 Å². The molecule has 2 heterocycles. The number of carbonyl (C=O) groups is 1. The van der Waals surface area contributed by atoms with Gasteiger partial charge in [0.2, 0.25) is 0 Å². The molecular weight excluding hydrogens is 327 g/mol. The van der Waals surface area contributed by atoms with Crippen molar-refractivity contribution in [3.8, 4) is 5.75 Å². The third kappa shape index (κ3) is 3.27. The highest BCUT2D eigenvalue weighted by Crippen LogP contribution is 2.31. The lowest BCUT2D eigenvalue weighted by Gasteiger charge is -2.14.